The van der Waals surface area contributed by atoms with Crippen molar-refractivity contribution in [3.63, 3.8) is 0 Å². The van der Waals surface area contributed by atoms with E-state index in [1.807, 2.05) is 6.92 Å². The van der Waals surface area contributed by atoms with Crippen LogP contribution >= 0.6 is 0 Å². The number of esters is 1. The second-order valence-corrected chi connectivity index (χ2v) is 4.14. The highest BCUT2D eigenvalue weighted by atomic mass is 16.6. The van der Waals surface area contributed by atoms with E-state index in [0.29, 0.717) is 5.56 Å². The van der Waals surface area contributed by atoms with Gasteiger partial charge in [-0.1, -0.05) is 0 Å². The number of nitrogens with zero attached hydrogens (tertiary/aromatic N) is 1. The highest BCUT2D eigenvalue weighted by Crippen LogP contribution is 2.39. The Morgan fingerprint density at radius 1 is 1.38 bits per heavy atom. The number of carbonyl (C=O) groups is 1. The van der Waals surface area contributed by atoms with Gasteiger partial charge in [0.25, 0.3) is 5.69 Å². The lowest BCUT2D eigenvalue weighted by atomic mass is 10.2. The third-order valence-electron chi connectivity index (χ3n) is 2.61. The van der Waals surface area contributed by atoms with Gasteiger partial charge >= 0.3 is 5.97 Å². The number of rotatable bonds is 3. The Kier molecular flexibility index (Phi) is 2.38. The molecule has 5 heteroatoms. The summed E-state index contributed by atoms with van der Waals surface area (Å²) in [6.45, 7) is 1.87. The Morgan fingerprint density at radius 2 is 1.94 bits per heavy atom. The Bertz CT molecular complexity index is 434. The van der Waals surface area contributed by atoms with Crippen LogP contribution in [-0.4, -0.2) is 16.5 Å². The number of non-ortho nitro benzene ring substituents is 1. The molecular formula is C11H11NO4. The lowest BCUT2D eigenvalue weighted by Gasteiger charge is -2.10. The molecule has 1 aromatic rings. The summed E-state index contributed by atoms with van der Waals surface area (Å²) in [6, 6.07) is 5.41. The fourth-order valence-electron chi connectivity index (χ4n) is 1.28. The minimum atomic E-state index is -0.503. The van der Waals surface area contributed by atoms with Crippen LogP contribution in [0.1, 0.15) is 30.1 Å². The summed E-state index contributed by atoms with van der Waals surface area (Å²) in [7, 11) is 0. The zero-order valence-corrected chi connectivity index (χ0v) is 8.80. The first-order valence-corrected chi connectivity index (χ1v) is 4.98. The van der Waals surface area contributed by atoms with Crippen molar-refractivity contribution in [3.05, 3.63) is 39.9 Å². The first kappa shape index (κ1) is 10.6. The third-order valence-corrected chi connectivity index (χ3v) is 2.61. The van der Waals surface area contributed by atoms with E-state index in [1.54, 1.807) is 0 Å². The second kappa shape index (κ2) is 3.59. The number of carbonyl (C=O) groups excluding carboxylic acids is 1. The molecule has 2 rings (SSSR count). The zero-order valence-electron chi connectivity index (χ0n) is 8.80. The van der Waals surface area contributed by atoms with Crippen LogP contribution in [-0.2, 0) is 4.74 Å². The van der Waals surface area contributed by atoms with E-state index < -0.39 is 10.9 Å². The van der Waals surface area contributed by atoms with Gasteiger partial charge in [0.15, 0.2) is 0 Å². The monoisotopic (exact) mass is 221 g/mol. The smallest absolute Gasteiger partial charge is 0.338 e. The van der Waals surface area contributed by atoms with Crippen molar-refractivity contribution >= 4 is 11.7 Å². The minimum absolute atomic E-state index is 0.0332. The van der Waals surface area contributed by atoms with Gasteiger partial charge in [-0.15, -0.1) is 0 Å². The molecule has 0 spiro atoms. The number of nitro benzene ring substituents is 1. The number of ether oxygens (including phenoxy) is 1. The fourth-order valence-corrected chi connectivity index (χ4v) is 1.28. The van der Waals surface area contributed by atoms with Crippen LogP contribution < -0.4 is 0 Å². The van der Waals surface area contributed by atoms with Gasteiger partial charge in [0.05, 0.1) is 10.5 Å². The molecule has 0 aliphatic heterocycles. The first-order valence-electron chi connectivity index (χ1n) is 4.98. The molecule has 16 heavy (non-hydrogen) atoms. The Hall–Kier alpha value is -1.91. The predicted molar refractivity (Wildman–Crippen MR) is 56.2 cm³/mol. The van der Waals surface area contributed by atoms with Crippen molar-refractivity contribution in [2.24, 2.45) is 0 Å². The molecule has 1 saturated carbocycles. The van der Waals surface area contributed by atoms with Crippen molar-refractivity contribution in [2.45, 2.75) is 25.4 Å². The summed E-state index contributed by atoms with van der Waals surface area (Å²) >= 11 is 0. The average Bonchev–Trinajstić information content (AvgIpc) is 2.96. The van der Waals surface area contributed by atoms with Crippen LogP contribution in [0.2, 0.25) is 0 Å². The Morgan fingerprint density at radius 3 is 2.38 bits per heavy atom. The molecule has 0 heterocycles. The molecule has 0 radical (unpaired) electrons. The third kappa shape index (κ3) is 2.18. The summed E-state index contributed by atoms with van der Waals surface area (Å²) in [5.74, 6) is -0.421. The molecule has 1 aliphatic carbocycles. The minimum Gasteiger partial charge on any atom is -0.456 e. The van der Waals surface area contributed by atoms with Gasteiger partial charge in [0, 0.05) is 12.1 Å². The molecule has 1 aromatic carbocycles. The van der Waals surface area contributed by atoms with Crippen molar-refractivity contribution < 1.29 is 14.5 Å². The van der Waals surface area contributed by atoms with E-state index in [4.69, 9.17) is 4.74 Å². The van der Waals surface area contributed by atoms with E-state index in [2.05, 4.69) is 0 Å². The Labute approximate surface area is 92.2 Å². The summed E-state index contributed by atoms with van der Waals surface area (Å²) in [4.78, 5) is 21.5. The molecule has 0 bridgehead atoms. The van der Waals surface area contributed by atoms with Gasteiger partial charge in [-0.2, -0.15) is 0 Å². The lowest BCUT2D eigenvalue weighted by molar-refractivity contribution is -0.384. The molecule has 0 atom stereocenters. The quantitative estimate of drug-likeness (QED) is 0.446. The summed E-state index contributed by atoms with van der Waals surface area (Å²) in [5.41, 5.74) is -0.00770. The number of nitro groups is 1. The average molecular weight is 221 g/mol. The maximum absolute atomic E-state index is 11.6. The number of hydrogen-bond acceptors (Lipinski definition) is 4. The van der Waals surface area contributed by atoms with Crippen LogP contribution in [0.4, 0.5) is 5.69 Å². The van der Waals surface area contributed by atoms with Crippen LogP contribution in [0, 0.1) is 10.1 Å². The molecule has 1 fully saturated rings. The van der Waals surface area contributed by atoms with E-state index in [1.165, 1.54) is 24.3 Å². The van der Waals surface area contributed by atoms with E-state index in [0.717, 1.165) is 12.8 Å². The highest BCUT2D eigenvalue weighted by Gasteiger charge is 2.41. The Balaban J connectivity index is 2.09. The lowest BCUT2D eigenvalue weighted by Crippen LogP contribution is -2.15. The van der Waals surface area contributed by atoms with Crippen molar-refractivity contribution in [1.82, 2.24) is 0 Å². The standard InChI is InChI=1S/C11H11NO4/c1-11(6-7-11)16-10(13)8-2-4-9(5-3-8)12(14)15/h2-5H,6-7H2,1H3. The van der Waals surface area contributed by atoms with Crippen LogP contribution in [0.15, 0.2) is 24.3 Å². The van der Waals surface area contributed by atoms with E-state index >= 15 is 0 Å². The van der Waals surface area contributed by atoms with Crippen molar-refractivity contribution in [2.75, 3.05) is 0 Å². The summed E-state index contributed by atoms with van der Waals surface area (Å²) in [6.07, 6.45) is 1.76. The van der Waals surface area contributed by atoms with E-state index in [-0.39, 0.29) is 11.3 Å². The number of hydrogen-bond donors (Lipinski definition) is 0. The predicted octanol–water partition coefficient (Wildman–Crippen LogP) is 2.30. The topological polar surface area (TPSA) is 69.4 Å². The van der Waals surface area contributed by atoms with Gasteiger partial charge in [0.1, 0.15) is 5.60 Å². The van der Waals surface area contributed by atoms with E-state index in [9.17, 15) is 14.9 Å². The maximum atomic E-state index is 11.6. The summed E-state index contributed by atoms with van der Waals surface area (Å²) in [5, 5.41) is 10.4. The van der Waals surface area contributed by atoms with Crippen LogP contribution in [0.3, 0.4) is 0 Å². The molecule has 0 unspecified atom stereocenters. The molecule has 0 aromatic heterocycles. The number of benzene rings is 1. The molecule has 0 amide bonds. The van der Waals surface area contributed by atoms with Crippen LogP contribution in [0.25, 0.3) is 0 Å². The van der Waals surface area contributed by atoms with Gasteiger partial charge in [0.2, 0.25) is 0 Å². The van der Waals surface area contributed by atoms with Gasteiger partial charge in [-0.25, -0.2) is 4.79 Å². The second-order valence-electron chi connectivity index (χ2n) is 4.14. The SMILES string of the molecule is CC1(OC(=O)c2ccc([N+](=O)[O-])cc2)CC1. The van der Waals surface area contributed by atoms with Gasteiger partial charge in [-0.3, -0.25) is 10.1 Å². The summed E-state index contributed by atoms with van der Waals surface area (Å²) < 4.78 is 5.23. The molecule has 0 N–H and O–H groups in total. The van der Waals surface area contributed by atoms with Crippen LogP contribution in [0.5, 0.6) is 0 Å². The van der Waals surface area contributed by atoms with Crippen molar-refractivity contribution in [1.29, 1.82) is 0 Å². The zero-order chi connectivity index (χ0) is 11.8. The molecule has 5 nitrogen and oxygen atoms in total. The van der Waals surface area contributed by atoms with Gasteiger partial charge < -0.3 is 4.74 Å². The normalized spacial score (nSPS) is 16.6. The molecule has 84 valence electrons. The maximum Gasteiger partial charge on any atom is 0.338 e. The highest BCUT2D eigenvalue weighted by molar-refractivity contribution is 5.90. The molecule has 0 saturated heterocycles. The fraction of sp³-hybridized carbons (Fsp3) is 0.364. The molecular weight excluding hydrogens is 210 g/mol. The largest absolute Gasteiger partial charge is 0.456 e. The molecule has 1 aliphatic rings. The van der Waals surface area contributed by atoms with Crippen molar-refractivity contribution in [3.8, 4) is 0 Å². The van der Waals surface area contributed by atoms with Gasteiger partial charge in [-0.05, 0) is 31.9 Å². The first-order chi connectivity index (χ1) is 7.50.